The molecule has 0 N–H and O–H groups in total. The molecular formula is C46H39NO. The number of allylic oxidation sites excluding steroid dienone is 6. The first-order valence-electron chi connectivity index (χ1n) is 16.7. The Hall–Kier alpha value is -5.86. The van der Waals surface area contributed by atoms with Crippen molar-refractivity contribution in [2.45, 2.75) is 26.2 Å². The highest BCUT2D eigenvalue weighted by atomic mass is 16.3. The van der Waals surface area contributed by atoms with Gasteiger partial charge in [-0.05, 0) is 71.4 Å². The van der Waals surface area contributed by atoms with Crippen LogP contribution in [-0.4, -0.2) is 4.57 Å². The van der Waals surface area contributed by atoms with Gasteiger partial charge < -0.3 is 8.98 Å². The summed E-state index contributed by atoms with van der Waals surface area (Å²) in [4.78, 5) is 0. The number of aromatic nitrogens is 1. The van der Waals surface area contributed by atoms with E-state index in [1.165, 1.54) is 22.3 Å². The third-order valence-corrected chi connectivity index (χ3v) is 8.91. The first-order chi connectivity index (χ1) is 23.7. The minimum absolute atomic E-state index is 0.377. The van der Waals surface area contributed by atoms with Crippen LogP contribution < -0.4 is 0 Å². The van der Waals surface area contributed by atoms with Crippen molar-refractivity contribution in [3.63, 3.8) is 0 Å². The molecule has 0 aliphatic rings. The molecule has 2 heteroatoms. The van der Waals surface area contributed by atoms with Gasteiger partial charge in [0.15, 0.2) is 5.58 Å². The second kappa shape index (κ2) is 14.3. The first kappa shape index (κ1) is 30.8. The molecule has 48 heavy (non-hydrogen) atoms. The minimum atomic E-state index is 0.377. The molecule has 5 aromatic carbocycles. The lowest BCUT2D eigenvalue weighted by Gasteiger charge is -2.14. The van der Waals surface area contributed by atoms with Gasteiger partial charge in [0, 0.05) is 22.7 Å². The standard InChI is InChI=1S/C46H39NO/c1-3-4-7-18-38-19-12-13-22-41(38)34(2)25-29-37(36-16-8-5-9-17-36)30-26-35-27-31-39(32-28-35)45-33-44-46(48-45)42-23-14-15-24-43(42)47(44)40-20-10-6-11-21-40/h3-24,26-34H,25H2,1-2H3/b4-3+,18-7-,30-26-,37-29+. The van der Waals surface area contributed by atoms with Crippen LogP contribution in [0, 0.1) is 0 Å². The molecular weight excluding hydrogens is 583 g/mol. The topological polar surface area (TPSA) is 18.1 Å². The normalized spacial score (nSPS) is 13.1. The Bertz CT molecular complexity index is 2260. The van der Waals surface area contributed by atoms with Gasteiger partial charge in [0.2, 0.25) is 0 Å². The Kier molecular flexibility index (Phi) is 9.15. The van der Waals surface area contributed by atoms with Gasteiger partial charge in [-0.3, -0.25) is 0 Å². The van der Waals surface area contributed by atoms with Crippen LogP contribution in [0.2, 0.25) is 0 Å². The highest BCUT2D eigenvalue weighted by molar-refractivity contribution is 6.07. The average Bonchev–Trinajstić information content (AvgIpc) is 3.70. The van der Waals surface area contributed by atoms with Crippen molar-refractivity contribution >= 4 is 39.7 Å². The van der Waals surface area contributed by atoms with Crippen LogP contribution in [0.15, 0.2) is 174 Å². The zero-order valence-corrected chi connectivity index (χ0v) is 27.5. The summed E-state index contributed by atoms with van der Waals surface area (Å²) in [6, 6.07) is 49.1. The number of furan rings is 1. The van der Waals surface area contributed by atoms with E-state index in [9.17, 15) is 0 Å². The summed E-state index contributed by atoms with van der Waals surface area (Å²) >= 11 is 0. The molecule has 7 aromatic rings. The quantitative estimate of drug-likeness (QED) is 0.139. The van der Waals surface area contributed by atoms with E-state index < -0.39 is 0 Å². The van der Waals surface area contributed by atoms with E-state index in [2.05, 4.69) is 187 Å². The summed E-state index contributed by atoms with van der Waals surface area (Å²) in [5.74, 6) is 1.24. The number of benzene rings is 5. The molecule has 0 fully saturated rings. The van der Waals surface area contributed by atoms with E-state index in [-0.39, 0.29) is 0 Å². The summed E-state index contributed by atoms with van der Waals surface area (Å²) in [6.45, 7) is 4.35. The molecule has 0 amide bonds. The van der Waals surface area contributed by atoms with Crippen molar-refractivity contribution in [2.24, 2.45) is 0 Å². The van der Waals surface area contributed by atoms with Gasteiger partial charge >= 0.3 is 0 Å². The van der Waals surface area contributed by atoms with Crippen molar-refractivity contribution in [3.05, 3.63) is 192 Å². The van der Waals surface area contributed by atoms with E-state index in [0.29, 0.717) is 5.92 Å². The first-order valence-corrected chi connectivity index (χ1v) is 16.7. The number of nitrogens with zero attached hydrogens (tertiary/aromatic N) is 1. The molecule has 7 rings (SSSR count). The van der Waals surface area contributed by atoms with Gasteiger partial charge in [-0.25, -0.2) is 0 Å². The average molecular weight is 622 g/mol. The van der Waals surface area contributed by atoms with Crippen molar-refractivity contribution in [1.29, 1.82) is 0 Å². The third-order valence-electron chi connectivity index (χ3n) is 8.91. The van der Waals surface area contributed by atoms with E-state index in [0.717, 1.165) is 51.0 Å². The number of para-hydroxylation sites is 2. The minimum Gasteiger partial charge on any atom is -0.454 e. The van der Waals surface area contributed by atoms with Crippen LogP contribution in [0.1, 0.15) is 48.4 Å². The molecule has 0 radical (unpaired) electrons. The summed E-state index contributed by atoms with van der Waals surface area (Å²) < 4.78 is 8.82. The molecule has 2 nitrogen and oxygen atoms in total. The van der Waals surface area contributed by atoms with Crippen molar-refractivity contribution in [1.82, 2.24) is 4.57 Å². The van der Waals surface area contributed by atoms with Crippen LogP contribution in [0.3, 0.4) is 0 Å². The number of rotatable bonds is 10. The molecule has 1 atom stereocenters. The zero-order chi connectivity index (χ0) is 32.7. The molecule has 0 aliphatic heterocycles. The fraction of sp³-hybridized carbons (Fsp3) is 0.0870. The molecule has 2 heterocycles. The Labute approximate surface area is 283 Å². The maximum absolute atomic E-state index is 6.54. The summed E-state index contributed by atoms with van der Waals surface area (Å²) in [7, 11) is 0. The van der Waals surface area contributed by atoms with Gasteiger partial charge in [-0.2, -0.15) is 0 Å². The Morgan fingerprint density at radius 2 is 1.42 bits per heavy atom. The summed E-state index contributed by atoms with van der Waals surface area (Å²) in [5, 5.41) is 1.12. The number of hydrogen-bond donors (Lipinski definition) is 0. The van der Waals surface area contributed by atoms with Crippen LogP contribution in [0.25, 0.3) is 56.7 Å². The van der Waals surface area contributed by atoms with E-state index >= 15 is 0 Å². The lowest BCUT2D eigenvalue weighted by molar-refractivity contribution is 0.635. The largest absolute Gasteiger partial charge is 0.454 e. The highest BCUT2D eigenvalue weighted by Gasteiger charge is 2.17. The maximum atomic E-state index is 6.54. The van der Waals surface area contributed by atoms with Gasteiger partial charge in [-0.15, -0.1) is 0 Å². The Morgan fingerprint density at radius 1 is 0.708 bits per heavy atom. The monoisotopic (exact) mass is 621 g/mol. The lowest BCUT2D eigenvalue weighted by Crippen LogP contribution is -1.95. The van der Waals surface area contributed by atoms with E-state index in [4.69, 9.17) is 4.42 Å². The maximum Gasteiger partial charge on any atom is 0.160 e. The second-order valence-electron chi connectivity index (χ2n) is 12.1. The van der Waals surface area contributed by atoms with Gasteiger partial charge in [0.25, 0.3) is 0 Å². The number of fused-ring (bicyclic) bond motifs is 3. The predicted octanol–water partition coefficient (Wildman–Crippen LogP) is 12.9. The molecule has 2 aromatic heterocycles. The molecule has 234 valence electrons. The van der Waals surface area contributed by atoms with Crippen molar-refractivity contribution in [2.75, 3.05) is 0 Å². The highest BCUT2D eigenvalue weighted by Crippen LogP contribution is 2.37. The SMILES string of the molecule is C/C=C/C=C\c1ccccc1C(C)C/C=C(\C=C/c1ccc(-c2cc3c(o2)c2ccccc2n3-c2ccccc2)cc1)c1ccccc1. The molecule has 0 saturated heterocycles. The fourth-order valence-corrected chi connectivity index (χ4v) is 6.40. The zero-order valence-electron chi connectivity index (χ0n) is 27.5. The molecule has 0 saturated carbocycles. The van der Waals surface area contributed by atoms with Gasteiger partial charge in [-0.1, -0.05) is 159 Å². The van der Waals surface area contributed by atoms with Crippen molar-refractivity contribution < 1.29 is 4.42 Å². The van der Waals surface area contributed by atoms with E-state index in [1.54, 1.807) is 0 Å². The summed E-state index contributed by atoms with van der Waals surface area (Å²) in [6.07, 6.45) is 16.2. The van der Waals surface area contributed by atoms with Gasteiger partial charge in [0.05, 0.1) is 11.0 Å². The van der Waals surface area contributed by atoms with Crippen LogP contribution in [-0.2, 0) is 0 Å². The molecule has 1 unspecified atom stereocenters. The lowest BCUT2D eigenvalue weighted by atomic mass is 9.91. The van der Waals surface area contributed by atoms with Gasteiger partial charge in [0.1, 0.15) is 5.76 Å². The number of hydrogen-bond acceptors (Lipinski definition) is 1. The second-order valence-corrected chi connectivity index (χ2v) is 12.1. The van der Waals surface area contributed by atoms with Crippen LogP contribution in [0.5, 0.6) is 0 Å². The smallest absolute Gasteiger partial charge is 0.160 e. The Balaban J connectivity index is 1.15. The Morgan fingerprint density at radius 3 is 2.21 bits per heavy atom. The predicted molar refractivity (Wildman–Crippen MR) is 205 cm³/mol. The fourth-order valence-electron chi connectivity index (χ4n) is 6.40. The molecule has 0 spiro atoms. The molecule has 0 aliphatic carbocycles. The van der Waals surface area contributed by atoms with Crippen LogP contribution >= 0.6 is 0 Å². The van der Waals surface area contributed by atoms with E-state index in [1.807, 2.05) is 13.0 Å². The summed E-state index contributed by atoms with van der Waals surface area (Å²) in [5.41, 5.74) is 11.5. The van der Waals surface area contributed by atoms with Crippen molar-refractivity contribution in [3.8, 4) is 17.0 Å². The molecule has 0 bridgehead atoms. The third kappa shape index (κ3) is 6.52. The van der Waals surface area contributed by atoms with Crippen LogP contribution in [0.4, 0.5) is 0 Å².